The number of benzene rings is 1. The van der Waals surface area contributed by atoms with Gasteiger partial charge in [0.2, 0.25) is 5.91 Å². The number of nitrogens with one attached hydrogen (secondary N) is 2. The molecule has 1 aliphatic heterocycles. The third-order valence-electron chi connectivity index (χ3n) is 3.15. The van der Waals surface area contributed by atoms with Crippen LogP contribution in [0.5, 0.6) is 0 Å². The Bertz CT molecular complexity index is 418. The number of hydrogen-bond donors (Lipinski definition) is 2. The zero-order valence-corrected chi connectivity index (χ0v) is 13.4. The summed E-state index contributed by atoms with van der Waals surface area (Å²) >= 11 is 5.21. The number of carbonyl (C=O) groups is 1. The summed E-state index contributed by atoms with van der Waals surface area (Å²) in [6.07, 6.45) is 0.958. The van der Waals surface area contributed by atoms with Crippen molar-refractivity contribution in [3.05, 3.63) is 28.7 Å². The summed E-state index contributed by atoms with van der Waals surface area (Å²) in [5.74, 6) is 0.345. The maximum absolute atomic E-state index is 11.9. The van der Waals surface area contributed by atoms with Crippen molar-refractivity contribution in [1.82, 2.24) is 10.6 Å². The zero-order chi connectivity index (χ0) is 13.7. The van der Waals surface area contributed by atoms with Crippen LogP contribution in [0.15, 0.2) is 33.6 Å². The van der Waals surface area contributed by atoms with Gasteiger partial charge in [0.25, 0.3) is 0 Å². The van der Waals surface area contributed by atoms with Gasteiger partial charge in [-0.25, -0.2) is 0 Å². The Morgan fingerprint density at radius 3 is 2.89 bits per heavy atom. The van der Waals surface area contributed by atoms with E-state index in [2.05, 4.69) is 45.6 Å². The molecule has 1 aromatic carbocycles. The molecule has 2 rings (SSSR count). The molecule has 2 atom stereocenters. The van der Waals surface area contributed by atoms with E-state index in [4.69, 9.17) is 0 Å². The first-order chi connectivity index (χ1) is 9.15. The van der Waals surface area contributed by atoms with Gasteiger partial charge in [-0.1, -0.05) is 22.9 Å². The van der Waals surface area contributed by atoms with Crippen molar-refractivity contribution in [2.45, 2.75) is 23.5 Å². The number of thioether (sulfide) groups is 1. The van der Waals surface area contributed by atoms with Gasteiger partial charge in [0.15, 0.2) is 0 Å². The van der Waals surface area contributed by atoms with Crippen LogP contribution in [-0.4, -0.2) is 30.8 Å². The Kier molecular flexibility index (Phi) is 5.73. The average Bonchev–Trinajstić information content (AvgIpc) is 2.93. The minimum atomic E-state index is 0.157. The summed E-state index contributed by atoms with van der Waals surface area (Å²) in [6, 6.07) is 8.26. The highest BCUT2D eigenvalue weighted by molar-refractivity contribution is 9.10. The highest BCUT2D eigenvalue weighted by Gasteiger charge is 2.22. The second-order valence-corrected chi connectivity index (χ2v) is 7.24. The third kappa shape index (κ3) is 4.82. The summed E-state index contributed by atoms with van der Waals surface area (Å²) in [7, 11) is 0. The molecule has 0 spiro atoms. The van der Waals surface area contributed by atoms with Gasteiger partial charge in [0.05, 0.1) is 5.92 Å². The summed E-state index contributed by atoms with van der Waals surface area (Å²) in [6.45, 7) is 4.64. The van der Waals surface area contributed by atoms with Gasteiger partial charge in [-0.2, -0.15) is 0 Å². The minimum absolute atomic E-state index is 0.157. The first-order valence-electron chi connectivity index (χ1n) is 6.56. The summed E-state index contributed by atoms with van der Waals surface area (Å²) < 4.78 is 1.09. The molecule has 0 unspecified atom stereocenters. The Balaban J connectivity index is 1.73. The van der Waals surface area contributed by atoms with Crippen LogP contribution in [0.1, 0.15) is 13.3 Å². The molecule has 104 valence electrons. The zero-order valence-electron chi connectivity index (χ0n) is 11.0. The van der Waals surface area contributed by atoms with E-state index in [1.54, 1.807) is 11.8 Å². The Hall–Kier alpha value is -0.520. The molecule has 1 amide bonds. The fourth-order valence-corrected chi connectivity index (χ4v) is 3.24. The third-order valence-corrected chi connectivity index (χ3v) is 4.79. The predicted octanol–water partition coefficient (Wildman–Crippen LogP) is 2.66. The van der Waals surface area contributed by atoms with E-state index in [1.807, 2.05) is 12.1 Å². The maximum atomic E-state index is 11.9. The lowest BCUT2D eigenvalue weighted by Gasteiger charge is -2.14. The summed E-state index contributed by atoms with van der Waals surface area (Å²) in [4.78, 5) is 13.1. The van der Waals surface area contributed by atoms with Crippen molar-refractivity contribution in [3.63, 3.8) is 0 Å². The molecule has 19 heavy (non-hydrogen) atoms. The molecule has 1 aromatic rings. The highest BCUT2D eigenvalue weighted by atomic mass is 79.9. The van der Waals surface area contributed by atoms with Crippen LogP contribution in [0.25, 0.3) is 0 Å². The number of rotatable bonds is 5. The molecule has 0 saturated carbocycles. The van der Waals surface area contributed by atoms with E-state index >= 15 is 0 Å². The van der Waals surface area contributed by atoms with Crippen LogP contribution in [-0.2, 0) is 4.79 Å². The molecule has 1 saturated heterocycles. The fourth-order valence-electron chi connectivity index (χ4n) is 2.05. The standard InChI is InChI=1S/C14H19BrN2OS/c1-10(19-13-4-2-12(15)3-5-13)8-17-14(18)11-6-7-16-9-11/h2-5,10-11,16H,6-9H2,1H3,(H,17,18)/t10-,11-/m0/s1. The van der Waals surface area contributed by atoms with Crippen molar-refractivity contribution >= 4 is 33.6 Å². The average molecular weight is 343 g/mol. The number of hydrogen-bond acceptors (Lipinski definition) is 3. The van der Waals surface area contributed by atoms with Crippen LogP contribution >= 0.6 is 27.7 Å². The van der Waals surface area contributed by atoms with Gasteiger partial charge in [0.1, 0.15) is 0 Å². The number of halogens is 1. The molecular weight excluding hydrogens is 324 g/mol. The van der Waals surface area contributed by atoms with Gasteiger partial charge in [-0.15, -0.1) is 11.8 Å². The van der Waals surface area contributed by atoms with Crippen LogP contribution in [0.3, 0.4) is 0 Å². The number of amides is 1. The van der Waals surface area contributed by atoms with Gasteiger partial charge in [-0.3, -0.25) is 4.79 Å². The molecule has 0 radical (unpaired) electrons. The molecule has 1 heterocycles. The van der Waals surface area contributed by atoms with E-state index in [9.17, 15) is 4.79 Å². The highest BCUT2D eigenvalue weighted by Crippen LogP contribution is 2.24. The Labute approximate surface area is 127 Å². The molecule has 5 heteroatoms. The van der Waals surface area contributed by atoms with Crippen molar-refractivity contribution < 1.29 is 4.79 Å². The van der Waals surface area contributed by atoms with E-state index in [1.165, 1.54) is 4.90 Å². The Morgan fingerprint density at radius 1 is 1.53 bits per heavy atom. The molecular formula is C14H19BrN2OS. The number of carbonyl (C=O) groups excluding carboxylic acids is 1. The largest absolute Gasteiger partial charge is 0.355 e. The van der Waals surface area contributed by atoms with E-state index < -0.39 is 0 Å². The van der Waals surface area contributed by atoms with E-state index in [0.29, 0.717) is 5.25 Å². The van der Waals surface area contributed by atoms with Gasteiger partial charge in [-0.05, 0) is 37.2 Å². The van der Waals surface area contributed by atoms with Crippen LogP contribution in [0, 0.1) is 5.92 Å². The molecule has 3 nitrogen and oxygen atoms in total. The van der Waals surface area contributed by atoms with Crippen molar-refractivity contribution in [1.29, 1.82) is 0 Å². The SMILES string of the molecule is C[C@@H](CNC(=O)[C@H]1CCNC1)Sc1ccc(Br)cc1. The monoisotopic (exact) mass is 342 g/mol. The molecule has 0 aromatic heterocycles. The Morgan fingerprint density at radius 2 is 2.26 bits per heavy atom. The van der Waals surface area contributed by atoms with Crippen molar-refractivity contribution in [3.8, 4) is 0 Å². The summed E-state index contributed by atoms with van der Waals surface area (Å²) in [5, 5.41) is 6.64. The maximum Gasteiger partial charge on any atom is 0.224 e. The smallest absolute Gasteiger partial charge is 0.224 e. The van der Waals surface area contributed by atoms with Crippen LogP contribution in [0.4, 0.5) is 0 Å². The van der Waals surface area contributed by atoms with E-state index in [0.717, 1.165) is 30.5 Å². The fraction of sp³-hybridized carbons (Fsp3) is 0.500. The van der Waals surface area contributed by atoms with Gasteiger partial charge in [0, 0.05) is 27.7 Å². The minimum Gasteiger partial charge on any atom is -0.355 e. The lowest BCUT2D eigenvalue weighted by atomic mass is 10.1. The molecule has 0 aliphatic carbocycles. The first kappa shape index (κ1) is 14.9. The van der Waals surface area contributed by atoms with Gasteiger partial charge >= 0.3 is 0 Å². The topological polar surface area (TPSA) is 41.1 Å². The van der Waals surface area contributed by atoms with Crippen molar-refractivity contribution in [2.24, 2.45) is 5.92 Å². The van der Waals surface area contributed by atoms with E-state index in [-0.39, 0.29) is 11.8 Å². The first-order valence-corrected chi connectivity index (χ1v) is 8.23. The second kappa shape index (κ2) is 7.31. The quantitative estimate of drug-likeness (QED) is 0.808. The predicted molar refractivity (Wildman–Crippen MR) is 83.4 cm³/mol. The molecule has 2 N–H and O–H groups in total. The van der Waals surface area contributed by atoms with Crippen LogP contribution in [0.2, 0.25) is 0 Å². The normalized spacial score (nSPS) is 20.2. The molecule has 1 fully saturated rings. The van der Waals surface area contributed by atoms with Crippen LogP contribution < -0.4 is 10.6 Å². The summed E-state index contributed by atoms with van der Waals surface area (Å²) in [5.41, 5.74) is 0. The second-order valence-electron chi connectivity index (χ2n) is 4.82. The lowest BCUT2D eigenvalue weighted by Crippen LogP contribution is -2.35. The van der Waals surface area contributed by atoms with Gasteiger partial charge < -0.3 is 10.6 Å². The van der Waals surface area contributed by atoms with Crippen molar-refractivity contribution in [2.75, 3.05) is 19.6 Å². The molecule has 0 bridgehead atoms. The lowest BCUT2D eigenvalue weighted by molar-refractivity contribution is -0.124. The molecule has 1 aliphatic rings.